The number of benzene rings is 1. The topological polar surface area (TPSA) is 125 Å². The normalized spacial score (nSPS) is 18.1. The van der Waals surface area contributed by atoms with Crippen molar-refractivity contribution in [1.82, 2.24) is 9.97 Å². The third-order valence-electron chi connectivity index (χ3n) is 3.95. The van der Waals surface area contributed by atoms with Crippen LogP contribution in [-0.2, 0) is 9.84 Å². The SMILES string of the molecule is Cc1nc(NC2CCS(=O)(=O)C2)cc(C(=O)Nc2ccccc2C#N)n1. The van der Waals surface area contributed by atoms with Crippen molar-refractivity contribution in [3.63, 3.8) is 0 Å². The molecule has 134 valence electrons. The van der Waals surface area contributed by atoms with Gasteiger partial charge < -0.3 is 10.6 Å². The maximum absolute atomic E-state index is 12.5. The number of sulfone groups is 1. The molecule has 3 rings (SSSR count). The number of amides is 1. The number of aromatic nitrogens is 2. The first-order valence-corrected chi connectivity index (χ1v) is 9.81. The van der Waals surface area contributed by atoms with Gasteiger partial charge in [0, 0.05) is 12.1 Å². The minimum absolute atomic E-state index is 0.0487. The van der Waals surface area contributed by atoms with Crippen molar-refractivity contribution in [3.05, 3.63) is 47.4 Å². The summed E-state index contributed by atoms with van der Waals surface area (Å²) in [5.41, 5.74) is 0.877. The van der Waals surface area contributed by atoms with Crippen molar-refractivity contribution in [2.45, 2.75) is 19.4 Å². The van der Waals surface area contributed by atoms with Gasteiger partial charge in [-0.05, 0) is 25.5 Å². The van der Waals surface area contributed by atoms with E-state index in [9.17, 15) is 13.2 Å². The second-order valence-corrected chi connectivity index (χ2v) is 8.27. The van der Waals surface area contributed by atoms with Crippen LogP contribution in [0, 0.1) is 18.3 Å². The fourth-order valence-corrected chi connectivity index (χ4v) is 4.43. The Morgan fingerprint density at radius 1 is 1.31 bits per heavy atom. The van der Waals surface area contributed by atoms with E-state index in [4.69, 9.17) is 5.26 Å². The third-order valence-corrected chi connectivity index (χ3v) is 5.72. The van der Waals surface area contributed by atoms with E-state index >= 15 is 0 Å². The molecule has 0 bridgehead atoms. The lowest BCUT2D eigenvalue weighted by Crippen LogP contribution is -2.22. The Morgan fingerprint density at radius 2 is 2.08 bits per heavy atom. The highest BCUT2D eigenvalue weighted by atomic mass is 32.2. The Bertz CT molecular complexity index is 998. The molecule has 2 N–H and O–H groups in total. The van der Waals surface area contributed by atoms with Gasteiger partial charge in [0.1, 0.15) is 23.4 Å². The molecule has 1 aromatic carbocycles. The summed E-state index contributed by atoms with van der Waals surface area (Å²) >= 11 is 0. The van der Waals surface area contributed by atoms with Crippen LogP contribution in [0.5, 0.6) is 0 Å². The second-order valence-electron chi connectivity index (χ2n) is 6.04. The van der Waals surface area contributed by atoms with Crippen LogP contribution in [0.1, 0.15) is 28.3 Å². The molecule has 0 aliphatic carbocycles. The first kappa shape index (κ1) is 17.8. The summed E-state index contributed by atoms with van der Waals surface area (Å²) in [5, 5.41) is 14.8. The molecule has 1 saturated heterocycles. The van der Waals surface area contributed by atoms with Crippen molar-refractivity contribution in [3.8, 4) is 6.07 Å². The van der Waals surface area contributed by atoms with Gasteiger partial charge in [-0.25, -0.2) is 18.4 Å². The summed E-state index contributed by atoms with van der Waals surface area (Å²) in [7, 11) is -3.02. The molecule has 1 atom stereocenters. The number of anilines is 2. The minimum Gasteiger partial charge on any atom is -0.366 e. The standard InChI is InChI=1S/C17H17N5O3S/c1-11-19-15(17(23)22-14-5-3-2-4-12(14)9-18)8-16(20-11)21-13-6-7-26(24,25)10-13/h2-5,8,13H,6-7,10H2,1H3,(H,22,23)(H,19,20,21). The molecule has 2 aromatic rings. The van der Waals surface area contributed by atoms with Crippen LogP contribution in [0.3, 0.4) is 0 Å². The average molecular weight is 371 g/mol. The van der Waals surface area contributed by atoms with Crippen LogP contribution in [-0.4, -0.2) is 41.8 Å². The number of nitrogens with zero attached hydrogens (tertiary/aromatic N) is 3. The average Bonchev–Trinajstić information content (AvgIpc) is 2.93. The number of nitriles is 1. The lowest BCUT2D eigenvalue weighted by molar-refractivity contribution is 0.102. The Balaban J connectivity index is 1.79. The first-order chi connectivity index (χ1) is 12.4. The molecule has 0 spiro atoms. The summed E-state index contributed by atoms with van der Waals surface area (Å²) in [6, 6.07) is 9.92. The minimum atomic E-state index is -3.02. The number of rotatable bonds is 4. The van der Waals surface area contributed by atoms with E-state index in [0.717, 1.165) is 0 Å². The van der Waals surface area contributed by atoms with Crippen LogP contribution >= 0.6 is 0 Å². The van der Waals surface area contributed by atoms with E-state index < -0.39 is 15.7 Å². The largest absolute Gasteiger partial charge is 0.366 e. The molecular weight excluding hydrogens is 354 g/mol. The predicted molar refractivity (Wildman–Crippen MR) is 96.6 cm³/mol. The zero-order chi connectivity index (χ0) is 18.7. The lowest BCUT2D eigenvalue weighted by Gasteiger charge is -2.13. The molecule has 1 unspecified atom stereocenters. The maximum atomic E-state index is 12.5. The molecule has 8 nitrogen and oxygen atoms in total. The molecule has 26 heavy (non-hydrogen) atoms. The van der Waals surface area contributed by atoms with E-state index in [1.165, 1.54) is 6.07 Å². The molecule has 0 radical (unpaired) electrons. The molecular formula is C17H17N5O3S. The molecule has 9 heteroatoms. The van der Waals surface area contributed by atoms with Gasteiger partial charge in [0.2, 0.25) is 0 Å². The van der Waals surface area contributed by atoms with Crippen LogP contribution in [0.25, 0.3) is 0 Å². The van der Waals surface area contributed by atoms with E-state index in [2.05, 4.69) is 20.6 Å². The summed E-state index contributed by atoms with van der Waals surface area (Å²) in [4.78, 5) is 20.8. The Labute approximate surface area is 151 Å². The highest BCUT2D eigenvalue weighted by Gasteiger charge is 2.28. The summed E-state index contributed by atoms with van der Waals surface area (Å²) in [5.74, 6) is 0.508. The van der Waals surface area contributed by atoms with Gasteiger partial charge in [-0.15, -0.1) is 0 Å². The van der Waals surface area contributed by atoms with Crippen molar-refractivity contribution >= 4 is 27.2 Å². The number of hydrogen-bond donors (Lipinski definition) is 2. The predicted octanol–water partition coefficient (Wildman–Crippen LogP) is 1.51. The number of hydrogen-bond acceptors (Lipinski definition) is 7. The van der Waals surface area contributed by atoms with Crippen molar-refractivity contribution in [2.24, 2.45) is 0 Å². The fourth-order valence-electron chi connectivity index (χ4n) is 2.75. The lowest BCUT2D eigenvalue weighted by atomic mass is 10.2. The highest BCUT2D eigenvalue weighted by Crippen LogP contribution is 2.18. The number of aryl methyl sites for hydroxylation is 1. The van der Waals surface area contributed by atoms with Gasteiger partial charge in [0.25, 0.3) is 5.91 Å². The number of carbonyl (C=O) groups is 1. The van der Waals surface area contributed by atoms with Gasteiger partial charge >= 0.3 is 0 Å². The molecule has 1 aliphatic rings. The fraction of sp³-hybridized carbons (Fsp3) is 0.294. The zero-order valence-corrected chi connectivity index (χ0v) is 14.9. The molecule has 1 aliphatic heterocycles. The van der Waals surface area contributed by atoms with Crippen LogP contribution in [0.4, 0.5) is 11.5 Å². The molecule has 1 amide bonds. The second kappa shape index (κ2) is 7.09. The summed E-state index contributed by atoms with van der Waals surface area (Å²) < 4.78 is 23.1. The number of carbonyl (C=O) groups excluding carboxylic acids is 1. The van der Waals surface area contributed by atoms with Gasteiger partial charge in [-0.2, -0.15) is 5.26 Å². The van der Waals surface area contributed by atoms with Crippen LogP contribution < -0.4 is 10.6 Å². The smallest absolute Gasteiger partial charge is 0.274 e. The molecule has 1 aromatic heterocycles. The Kier molecular flexibility index (Phi) is 4.86. The molecule has 0 saturated carbocycles. The summed E-state index contributed by atoms with van der Waals surface area (Å²) in [6.07, 6.45) is 0.502. The molecule has 2 heterocycles. The van der Waals surface area contributed by atoms with Crippen LogP contribution in [0.2, 0.25) is 0 Å². The zero-order valence-electron chi connectivity index (χ0n) is 14.1. The van der Waals surface area contributed by atoms with Crippen molar-refractivity contribution in [1.29, 1.82) is 5.26 Å². The van der Waals surface area contributed by atoms with E-state index in [-0.39, 0.29) is 23.2 Å². The first-order valence-electron chi connectivity index (χ1n) is 7.99. The number of nitrogens with one attached hydrogen (secondary N) is 2. The van der Waals surface area contributed by atoms with E-state index in [1.54, 1.807) is 31.2 Å². The van der Waals surface area contributed by atoms with E-state index in [0.29, 0.717) is 29.3 Å². The van der Waals surface area contributed by atoms with Crippen molar-refractivity contribution < 1.29 is 13.2 Å². The Morgan fingerprint density at radius 3 is 2.77 bits per heavy atom. The summed E-state index contributed by atoms with van der Waals surface area (Å²) in [6.45, 7) is 1.65. The maximum Gasteiger partial charge on any atom is 0.274 e. The van der Waals surface area contributed by atoms with Gasteiger partial charge in [0.05, 0.1) is 22.8 Å². The van der Waals surface area contributed by atoms with Gasteiger partial charge in [0.15, 0.2) is 9.84 Å². The third kappa shape index (κ3) is 4.15. The van der Waals surface area contributed by atoms with Gasteiger partial charge in [-0.1, -0.05) is 12.1 Å². The number of para-hydroxylation sites is 1. The monoisotopic (exact) mass is 371 g/mol. The Hall–Kier alpha value is -2.99. The van der Waals surface area contributed by atoms with Crippen LogP contribution in [0.15, 0.2) is 30.3 Å². The van der Waals surface area contributed by atoms with Crippen molar-refractivity contribution in [2.75, 3.05) is 22.1 Å². The quantitative estimate of drug-likeness (QED) is 0.834. The van der Waals surface area contributed by atoms with E-state index in [1.807, 2.05) is 6.07 Å². The highest BCUT2D eigenvalue weighted by molar-refractivity contribution is 7.91. The van der Waals surface area contributed by atoms with Gasteiger partial charge in [-0.3, -0.25) is 4.79 Å². The molecule has 1 fully saturated rings.